The summed E-state index contributed by atoms with van der Waals surface area (Å²) < 4.78 is 3.59. The predicted molar refractivity (Wildman–Crippen MR) is 84.8 cm³/mol. The summed E-state index contributed by atoms with van der Waals surface area (Å²) in [5, 5.41) is 0. The molecule has 0 nitrogen and oxygen atoms in total. The first kappa shape index (κ1) is 13.8. The molecule has 2 aromatic heterocycles. The Morgan fingerprint density at radius 1 is 1.06 bits per heavy atom. The summed E-state index contributed by atoms with van der Waals surface area (Å²) in [5.74, 6) is 0. The molecular formula is C9H3Br3Cl2S2. The Bertz CT molecular complexity index is 475. The number of alkyl halides is 1. The molecule has 1 unspecified atom stereocenters. The predicted octanol–water partition coefficient (Wildman–Crippen LogP) is 7.13. The van der Waals surface area contributed by atoms with E-state index in [0.29, 0.717) is 4.34 Å². The molecule has 2 rings (SSSR count). The average molecular weight is 486 g/mol. The SMILES string of the molecule is Clc1cc(C(Br)c2cc(Br)sc2Br)c(Cl)s1. The third kappa shape index (κ3) is 2.87. The van der Waals surface area contributed by atoms with Crippen LogP contribution in [0.2, 0.25) is 8.67 Å². The van der Waals surface area contributed by atoms with Crippen LogP contribution in [0.25, 0.3) is 0 Å². The van der Waals surface area contributed by atoms with E-state index in [-0.39, 0.29) is 4.83 Å². The van der Waals surface area contributed by atoms with E-state index in [2.05, 4.69) is 53.9 Å². The van der Waals surface area contributed by atoms with Gasteiger partial charge in [-0.3, -0.25) is 0 Å². The van der Waals surface area contributed by atoms with E-state index in [4.69, 9.17) is 23.2 Å². The van der Waals surface area contributed by atoms with Crippen molar-refractivity contribution in [3.8, 4) is 0 Å². The van der Waals surface area contributed by atoms with E-state index in [1.807, 2.05) is 6.07 Å². The van der Waals surface area contributed by atoms with Crippen LogP contribution in [0, 0.1) is 0 Å². The van der Waals surface area contributed by atoms with Crippen molar-refractivity contribution in [1.82, 2.24) is 0 Å². The van der Waals surface area contributed by atoms with Gasteiger partial charge < -0.3 is 0 Å². The molecule has 16 heavy (non-hydrogen) atoms. The first-order valence-corrected chi connectivity index (χ1v) is 8.91. The normalized spacial score (nSPS) is 13.1. The molecule has 0 saturated carbocycles. The van der Waals surface area contributed by atoms with Gasteiger partial charge in [-0.15, -0.1) is 22.7 Å². The lowest BCUT2D eigenvalue weighted by atomic mass is 10.1. The topological polar surface area (TPSA) is 0 Å². The van der Waals surface area contributed by atoms with Crippen LogP contribution in [0.15, 0.2) is 19.7 Å². The van der Waals surface area contributed by atoms with E-state index in [9.17, 15) is 0 Å². The maximum absolute atomic E-state index is 6.13. The highest BCUT2D eigenvalue weighted by Gasteiger charge is 2.20. The lowest BCUT2D eigenvalue weighted by Gasteiger charge is -2.07. The van der Waals surface area contributed by atoms with Gasteiger partial charge in [0.2, 0.25) is 0 Å². The van der Waals surface area contributed by atoms with Crippen molar-refractivity contribution in [3.63, 3.8) is 0 Å². The zero-order chi connectivity index (χ0) is 11.9. The molecular weight excluding hydrogens is 483 g/mol. The van der Waals surface area contributed by atoms with E-state index in [1.165, 1.54) is 11.3 Å². The lowest BCUT2D eigenvalue weighted by molar-refractivity contribution is 1.20. The van der Waals surface area contributed by atoms with Gasteiger partial charge in [-0.05, 0) is 49.6 Å². The summed E-state index contributed by atoms with van der Waals surface area (Å²) >= 11 is 25.7. The molecule has 0 radical (unpaired) electrons. The highest BCUT2D eigenvalue weighted by molar-refractivity contribution is 9.12. The zero-order valence-corrected chi connectivity index (χ0v) is 15.3. The molecule has 0 aliphatic heterocycles. The molecule has 0 fully saturated rings. The molecule has 0 aliphatic carbocycles. The number of halogens is 5. The monoisotopic (exact) mass is 482 g/mol. The summed E-state index contributed by atoms with van der Waals surface area (Å²) in [4.78, 5) is 0.0562. The van der Waals surface area contributed by atoms with Crippen molar-refractivity contribution in [2.24, 2.45) is 0 Å². The first-order valence-electron chi connectivity index (χ1n) is 4.02. The summed E-state index contributed by atoms with van der Waals surface area (Å²) in [6, 6.07) is 3.96. The minimum absolute atomic E-state index is 0.0562. The summed E-state index contributed by atoms with van der Waals surface area (Å²) in [5.41, 5.74) is 2.15. The molecule has 0 spiro atoms. The van der Waals surface area contributed by atoms with Crippen molar-refractivity contribution in [3.05, 3.63) is 39.5 Å². The number of hydrogen-bond acceptors (Lipinski definition) is 2. The first-order chi connectivity index (χ1) is 7.49. The van der Waals surface area contributed by atoms with Gasteiger partial charge in [0.1, 0.15) is 0 Å². The molecule has 0 N–H and O–H groups in total. The van der Waals surface area contributed by atoms with E-state index >= 15 is 0 Å². The summed E-state index contributed by atoms with van der Waals surface area (Å²) in [6.45, 7) is 0. The Hall–Kier alpha value is 1.42. The standard InChI is InChI=1S/C9H3Br3Cl2S2/c10-5-1-3(8(12)15-5)7(11)4-2-6(13)16-9(4)14/h1-2,7H. The second-order valence-corrected chi connectivity index (χ2v) is 9.87. The fraction of sp³-hybridized carbons (Fsp3) is 0.111. The molecule has 2 aromatic rings. The maximum Gasteiger partial charge on any atom is 0.0990 e. The van der Waals surface area contributed by atoms with Crippen molar-refractivity contribution in [2.45, 2.75) is 4.83 Å². The number of rotatable bonds is 2. The molecule has 86 valence electrons. The fourth-order valence-electron chi connectivity index (χ4n) is 1.22. The van der Waals surface area contributed by atoms with Crippen LogP contribution < -0.4 is 0 Å². The van der Waals surface area contributed by atoms with Crippen molar-refractivity contribution < 1.29 is 0 Å². The van der Waals surface area contributed by atoms with Crippen LogP contribution in [0.4, 0.5) is 0 Å². The molecule has 0 aromatic carbocycles. The lowest BCUT2D eigenvalue weighted by Crippen LogP contribution is -1.89. The van der Waals surface area contributed by atoms with Crippen LogP contribution in [0.5, 0.6) is 0 Å². The molecule has 0 aliphatic rings. The minimum atomic E-state index is 0.0562. The average Bonchev–Trinajstić information content (AvgIpc) is 2.68. The van der Waals surface area contributed by atoms with Gasteiger partial charge in [-0.1, -0.05) is 39.1 Å². The molecule has 2 heterocycles. The molecule has 0 saturated heterocycles. The van der Waals surface area contributed by atoms with Crippen LogP contribution >= 0.6 is 93.7 Å². The Balaban J connectivity index is 2.42. The van der Waals surface area contributed by atoms with Gasteiger partial charge in [0.05, 0.1) is 21.1 Å². The molecule has 7 heteroatoms. The Kier molecular flexibility index (Phi) is 4.84. The second-order valence-electron chi connectivity index (χ2n) is 2.92. The van der Waals surface area contributed by atoms with Gasteiger partial charge >= 0.3 is 0 Å². The van der Waals surface area contributed by atoms with Crippen LogP contribution in [-0.4, -0.2) is 0 Å². The minimum Gasteiger partial charge on any atom is -0.121 e. The third-order valence-electron chi connectivity index (χ3n) is 1.91. The van der Waals surface area contributed by atoms with Gasteiger partial charge in [-0.2, -0.15) is 0 Å². The van der Waals surface area contributed by atoms with Crippen LogP contribution in [-0.2, 0) is 0 Å². The molecule has 0 amide bonds. The fourth-order valence-corrected chi connectivity index (χ4v) is 7.12. The molecule has 1 atom stereocenters. The zero-order valence-electron chi connectivity index (χ0n) is 7.44. The van der Waals surface area contributed by atoms with E-state index in [1.54, 1.807) is 11.3 Å². The van der Waals surface area contributed by atoms with Gasteiger partial charge in [0.25, 0.3) is 0 Å². The number of hydrogen-bond donors (Lipinski definition) is 0. The Morgan fingerprint density at radius 3 is 2.19 bits per heavy atom. The highest BCUT2D eigenvalue weighted by atomic mass is 79.9. The molecule has 0 bridgehead atoms. The van der Waals surface area contributed by atoms with Crippen molar-refractivity contribution in [1.29, 1.82) is 0 Å². The Morgan fingerprint density at radius 2 is 1.75 bits per heavy atom. The number of thiophene rings is 2. The van der Waals surface area contributed by atoms with E-state index in [0.717, 1.165) is 23.0 Å². The van der Waals surface area contributed by atoms with E-state index < -0.39 is 0 Å². The van der Waals surface area contributed by atoms with Gasteiger partial charge in [0.15, 0.2) is 0 Å². The van der Waals surface area contributed by atoms with Crippen molar-refractivity contribution in [2.75, 3.05) is 0 Å². The van der Waals surface area contributed by atoms with Crippen molar-refractivity contribution >= 4 is 93.7 Å². The third-order valence-corrected chi connectivity index (χ3v) is 6.80. The summed E-state index contributed by atoms with van der Waals surface area (Å²) in [7, 11) is 0. The smallest absolute Gasteiger partial charge is 0.0990 e. The van der Waals surface area contributed by atoms with Gasteiger partial charge in [-0.25, -0.2) is 0 Å². The Labute approximate surface area is 136 Å². The summed E-state index contributed by atoms with van der Waals surface area (Å²) in [6.07, 6.45) is 0. The maximum atomic E-state index is 6.13. The van der Waals surface area contributed by atoms with Crippen LogP contribution in [0.1, 0.15) is 16.0 Å². The quantitative estimate of drug-likeness (QED) is 0.397. The second kappa shape index (κ2) is 5.59. The van der Waals surface area contributed by atoms with Crippen LogP contribution in [0.3, 0.4) is 0 Å². The highest BCUT2D eigenvalue weighted by Crippen LogP contribution is 2.46. The largest absolute Gasteiger partial charge is 0.121 e. The van der Waals surface area contributed by atoms with Gasteiger partial charge in [0, 0.05) is 5.56 Å².